The number of anilines is 2. The summed E-state index contributed by atoms with van der Waals surface area (Å²) < 4.78 is 43.2. The van der Waals surface area contributed by atoms with Crippen LogP contribution in [0.2, 0.25) is 0 Å². The Morgan fingerprint density at radius 1 is 0.952 bits per heavy atom. The summed E-state index contributed by atoms with van der Waals surface area (Å²) in [5.41, 5.74) is 4.97. The maximum atomic E-state index is 14.7. The molecule has 4 nitrogen and oxygen atoms in total. The Morgan fingerprint density at radius 3 is 2.29 bits per heavy atom. The Balaban J connectivity index is 2.30. The smallest absolute Gasteiger partial charge is 0.186 e. The van der Waals surface area contributed by atoms with Gasteiger partial charge in [-0.05, 0) is 26.2 Å². The number of aryl methyl sites for hydroxylation is 1. The Labute approximate surface area is 119 Å². The lowest BCUT2D eigenvalue weighted by atomic mass is 10.1. The van der Waals surface area contributed by atoms with Crippen molar-refractivity contribution in [1.29, 1.82) is 0 Å². The molecule has 0 aliphatic carbocycles. The maximum absolute atomic E-state index is 14.7. The highest BCUT2D eigenvalue weighted by atomic mass is 19.2. The van der Waals surface area contributed by atoms with E-state index in [0.29, 0.717) is 13.1 Å². The largest absolute Gasteiger partial charge is 0.383 e. The van der Waals surface area contributed by atoms with Crippen LogP contribution < -0.4 is 10.6 Å². The van der Waals surface area contributed by atoms with Crippen molar-refractivity contribution in [1.82, 2.24) is 9.97 Å². The molecule has 1 fully saturated rings. The van der Waals surface area contributed by atoms with Gasteiger partial charge in [-0.15, -0.1) is 0 Å². The normalized spacial score (nSPS) is 15.7. The first-order valence-electron chi connectivity index (χ1n) is 6.86. The van der Waals surface area contributed by atoms with Gasteiger partial charge in [0.05, 0.1) is 5.39 Å². The van der Waals surface area contributed by atoms with Crippen molar-refractivity contribution in [2.24, 2.45) is 0 Å². The number of rotatable bonds is 1. The fraction of sp³-hybridized carbons (Fsp3) is 0.429. The van der Waals surface area contributed by atoms with Crippen LogP contribution in [0.3, 0.4) is 0 Å². The highest BCUT2D eigenvalue weighted by Crippen LogP contribution is 2.35. The molecular weight excluding hydrogens is 281 g/mol. The number of nitrogens with zero attached hydrogens (tertiary/aromatic N) is 3. The van der Waals surface area contributed by atoms with E-state index in [1.54, 1.807) is 0 Å². The molecule has 1 saturated heterocycles. The zero-order chi connectivity index (χ0) is 15.1. The van der Waals surface area contributed by atoms with Crippen molar-refractivity contribution >= 4 is 22.4 Å². The average molecular weight is 296 g/mol. The van der Waals surface area contributed by atoms with E-state index in [-0.39, 0.29) is 22.8 Å². The van der Waals surface area contributed by atoms with E-state index in [0.717, 1.165) is 19.3 Å². The number of benzene rings is 1. The topological polar surface area (TPSA) is 55.0 Å². The van der Waals surface area contributed by atoms with Crippen molar-refractivity contribution in [3.8, 4) is 0 Å². The molecule has 2 N–H and O–H groups in total. The van der Waals surface area contributed by atoms with Gasteiger partial charge in [-0.3, -0.25) is 0 Å². The van der Waals surface area contributed by atoms with Gasteiger partial charge in [0.15, 0.2) is 17.5 Å². The molecule has 7 heteroatoms. The predicted octanol–water partition coefficient (Wildman–Crippen LogP) is 2.93. The van der Waals surface area contributed by atoms with Gasteiger partial charge in [-0.25, -0.2) is 23.1 Å². The molecule has 1 aliphatic heterocycles. The lowest BCUT2D eigenvalue weighted by molar-refractivity contribution is 0.489. The van der Waals surface area contributed by atoms with Gasteiger partial charge in [-0.2, -0.15) is 0 Å². The Bertz CT molecular complexity index is 711. The number of nitrogens with two attached hydrogens (primary N) is 1. The minimum absolute atomic E-state index is 0.217. The quantitative estimate of drug-likeness (QED) is 0.822. The van der Waals surface area contributed by atoms with Gasteiger partial charge in [0.1, 0.15) is 22.8 Å². The van der Waals surface area contributed by atoms with Crippen LogP contribution in [0.15, 0.2) is 0 Å². The van der Waals surface area contributed by atoms with E-state index >= 15 is 0 Å². The Morgan fingerprint density at radius 2 is 1.62 bits per heavy atom. The van der Waals surface area contributed by atoms with Gasteiger partial charge in [0, 0.05) is 13.1 Å². The second-order valence-electron chi connectivity index (χ2n) is 5.22. The lowest BCUT2D eigenvalue weighted by Gasteiger charge is -2.29. The van der Waals surface area contributed by atoms with Gasteiger partial charge >= 0.3 is 0 Å². The number of halogens is 3. The molecule has 112 valence electrons. The maximum Gasteiger partial charge on any atom is 0.186 e. The molecule has 1 aromatic heterocycles. The molecule has 1 aliphatic rings. The number of fused-ring (bicyclic) bond motifs is 1. The monoisotopic (exact) mass is 296 g/mol. The van der Waals surface area contributed by atoms with Crippen LogP contribution >= 0.6 is 0 Å². The molecule has 0 bridgehead atoms. The second-order valence-corrected chi connectivity index (χ2v) is 5.22. The van der Waals surface area contributed by atoms with E-state index < -0.39 is 22.8 Å². The van der Waals surface area contributed by atoms with E-state index in [2.05, 4.69) is 9.97 Å². The number of aromatic nitrogens is 2. The summed E-state index contributed by atoms with van der Waals surface area (Å²) in [5.74, 6) is -3.32. The van der Waals surface area contributed by atoms with Crippen LogP contribution in [0.25, 0.3) is 10.9 Å². The third kappa shape index (κ3) is 2.16. The first-order chi connectivity index (χ1) is 10.0. The molecule has 2 aromatic rings. The van der Waals surface area contributed by atoms with Crippen LogP contribution in [0.5, 0.6) is 0 Å². The average Bonchev–Trinajstić information content (AvgIpc) is 2.45. The molecule has 0 unspecified atom stereocenters. The standard InChI is InChI=1S/C14H15F3N4/c1-7-19-12-8(14(18)20-7)9(15)10(16)13(11(12)17)21-5-3-2-4-6-21/h2-6H2,1H3,(H2,18,19,20). The molecule has 0 radical (unpaired) electrons. The summed E-state index contributed by atoms with van der Waals surface area (Å²) in [6, 6.07) is 0. The van der Waals surface area contributed by atoms with Crippen LogP contribution in [0.1, 0.15) is 25.1 Å². The lowest BCUT2D eigenvalue weighted by Crippen LogP contribution is -2.31. The number of nitrogen functional groups attached to an aromatic ring is 1. The molecule has 1 aromatic carbocycles. The molecule has 0 saturated carbocycles. The first kappa shape index (κ1) is 13.9. The van der Waals surface area contributed by atoms with E-state index in [9.17, 15) is 13.2 Å². The minimum Gasteiger partial charge on any atom is -0.383 e. The third-order valence-electron chi connectivity index (χ3n) is 3.76. The summed E-state index contributed by atoms with van der Waals surface area (Å²) in [7, 11) is 0. The molecular formula is C14H15F3N4. The SMILES string of the molecule is Cc1nc(N)c2c(F)c(F)c(N3CCCCC3)c(F)c2n1. The molecule has 2 heterocycles. The molecule has 0 atom stereocenters. The van der Waals surface area contributed by atoms with Crippen molar-refractivity contribution in [2.45, 2.75) is 26.2 Å². The predicted molar refractivity (Wildman–Crippen MR) is 74.6 cm³/mol. The number of piperidine rings is 1. The highest BCUT2D eigenvalue weighted by Gasteiger charge is 2.27. The van der Waals surface area contributed by atoms with E-state index in [4.69, 9.17) is 5.73 Å². The van der Waals surface area contributed by atoms with Crippen molar-refractivity contribution in [3.05, 3.63) is 23.3 Å². The summed E-state index contributed by atoms with van der Waals surface area (Å²) in [5, 5.41) is -0.392. The van der Waals surface area contributed by atoms with Crippen LogP contribution in [0.4, 0.5) is 24.7 Å². The van der Waals surface area contributed by atoms with Crippen LogP contribution in [0, 0.1) is 24.4 Å². The fourth-order valence-corrected chi connectivity index (χ4v) is 2.79. The molecule has 0 spiro atoms. The first-order valence-corrected chi connectivity index (χ1v) is 6.86. The van der Waals surface area contributed by atoms with Gasteiger partial charge in [0.25, 0.3) is 0 Å². The van der Waals surface area contributed by atoms with Gasteiger partial charge < -0.3 is 10.6 Å². The van der Waals surface area contributed by atoms with Crippen LogP contribution in [-0.4, -0.2) is 23.1 Å². The Hall–Kier alpha value is -2.05. The molecule has 21 heavy (non-hydrogen) atoms. The summed E-state index contributed by atoms with van der Waals surface area (Å²) in [6.07, 6.45) is 2.65. The number of hydrogen-bond acceptors (Lipinski definition) is 4. The van der Waals surface area contributed by atoms with Crippen LogP contribution in [-0.2, 0) is 0 Å². The molecule has 3 rings (SSSR count). The van der Waals surface area contributed by atoms with Crippen molar-refractivity contribution < 1.29 is 13.2 Å². The second kappa shape index (κ2) is 5.05. The van der Waals surface area contributed by atoms with Gasteiger partial charge in [0.2, 0.25) is 0 Å². The minimum atomic E-state index is -1.22. The van der Waals surface area contributed by atoms with E-state index in [1.807, 2.05) is 0 Å². The summed E-state index contributed by atoms with van der Waals surface area (Å²) in [4.78, 5) is 9.19. The molecule has 0 amide bonds. The third-order valence-corrected chi connectivity index (χ3v) is 3.76. The van der Waals surface area contributed by atoms with Gasteiger partial charge in [-0.1, -0.05) is 0 Å². The zero-order valence-corrected chi connectivity index (χ0v) is 11.6. The number of hydrogen-bond donors (Lipinski definition) is 1. The zero-order valence-electron chi connectivity index (χ0n) is 11.6. The summed E-state index contributed by atoms with van der Waals surface area (Å²) in [6.45, 7) is 2.52. The van der Waals surface area contributed by atoms with Crippen molar-refractivity contribution in [3.63, 3.8) is 0 Å². The van der Waals surface area contributed by atoms with Crippen molar-refractivity contribution in [2.75, 3.05) is 23.7 Å². The summed E-state index contributed by atoms with van der Waals surface area (Å²) >= 11 is 0. The van der Waals surface area contributed by atoms with E-state index in [1.165, 1.54) is 11.8 Å². The Kier molecular flexibility index (Phi) is 3.35. The fourth-order valence-electron chi connectivity index (χ4n) is 2.79. The highest BCUT2D eigenvalue weighted by molar-refractivity contribution is 5.92.